The molecule has 6 heteroatoms. The first-order chi connectivity index (χ1) is 13.3. The number of hydrogen-bond acceptors (Lipinski definition) is 6. The van der Waals surface area contributed by atoms with Gasteiger partial charge in [-0.2, -0.15) is 0 Å². The van der Waals surface area contributed by atoms with Crippen LogP contribution in [0, 0.1) is 0 Å². The smallest absolute Gasteiger partial charge is 0.325 e. The minimum atomic E-state index is -0.503. The molecule has 6 nitrogen and oxygen atoms in total. The van der Waals surface area contributed by atoms with Crippen LogP contribution in [0.25, 0.3) is 11.3 Å². The molecule has 0 saturated carbocycles. The van der Waals surface area contributed by atoms with Crippen LogP contribution in [-0.2, 0) is 25.5 Å². The summed E-state index contributed by atoms with van der Waals surface area (Å²) in [7, 11) is 0. The lowest BCUT2D eigenvalue weighted by Crippen LogP contribution is -2.28. The van der Waals surface area contributed by atoms with Crippen LogP contribution in [0.3, 0.4) is 0 Å². The first kappa shape index (κ1) is 21.4. The van der Waals surface area contributed by atoms with Crippen molar-refractivity contribution >= 4 is 17.6 Å². The summed E-state index contributed by atoms with van der Waals surface area (Å²) in [6.45, 7) is 7.81. The van der Waals surface area contributed by atoms with Crippen molar-refractivity contribution in [1.29, 1.82) is 0 Å². The van der Waals surface area contributed by atoms with Crippen LogP contribution in [-0.4, -0.2) is 35.7 Å². The van der Waals surface area contributed by atoms with Gasteiger partial charge in [0.05, 0.1) is 12.3 Å². The van der Waals surface area contributed by atoms with E-state index in [1.165, 1.54) is 0 Å². The van der Waals surface area contributed by atoms with Crippen LogP contribution in [0.4, 0.5) is 5.69 Å². The molecule has 2 aromatic rings. The van der Waals surface area contributed by atoms with E-state index in [4.69, 9.17) is 9.47 Å². The van der Waals surface area contributed by atoms with E-state index in [0.717, 1.165) is 22.5 Å². The predicted octanol–water partition coefficient (Wildman–Crippen LogP) is 4.00. The van der Waals surface area contributed by atoms with Gasteiger partial charge in [-0.3, -0.25) is 14.6 Å². The Morgan fingerprint density at radius 1 is 1.07 bits per heavy atom. The fraction of sp³-hybridized carbons (Fsp3) is 0.409. The van der Waals surface area contributed by atoms with Crippen molar-refractivity contribution in [1.82, 2.24) is 4.98 Å². The Kier molecular flexibility index (Phi) is 7.55. The van der Waals surface area contributed by atoms with Gasteiger partial charge < -0.3 is 14.8 Å². The summed E-state index contributed by atoms with van der Waals surface area (Å²) in [4.78, 5) is 27.7. The van der Waals surface area contributed by atoms with Gasteiger partial charge in [0, 0.05) is 23.9 Å². The van der Waals surface area contributed by atoms with Crippen molar-refractivity contribution < 1.29 is 19.1 Å². The summed E-state index contributed by atoms with van der Waals surface area (Å²) < 4.78 is 10.2. The molecule has 1 heterocycles. The van der Waals surface area contributed by atoms with Gasteiger partial charge in [-0.05, 0) is 51.8 Å². The number of nitrogens with one attached hydrogen (secondary N) is 1. The molecule has 0 spiro atoms. The zero-order valence-corrected chi connectivity index (χ0v) is 17.0. The van der Waals surface area contributed by atoms with E-state index in [9.17, 15) is 9.59 Å². The fourth-order valence-corrected chi connectivity index (χ4v) is 2.57. The molecule has 0 bridgehead atoms. The lowest BCUT2D eigenvalue weighted by molar-refractivity contribution is -0.152. The van der Waals surface area contributed by atoms with Crippen LogP contribution in [0.15, 0.2) is 42.6 Å². The average Bonchev–Trinajstić information content (AvgIpc) is 2.64. The first-order valence-corrected chi connectivity index (χ1v) is 9.43. The number of rotatable bonds is 8. The second-order valence-corrected chi connectivity index (χ2v) is 7.37. The predicted molar refractivity (Wildman–Crippen MR) is 109 cm³/mol. The summed E-state index contributed by atoms with van der Waals surface area (Å²) in [6.07, 6.45) is 2.71. The normalized spacial score (nSPS) is 11.0. The fourth-order valence-electron chi connectivity index (χ4n) is 2.57. The molecule has 0 aliphatic carbocycles. The number of anilines is 1. The SMILES string of the molecule is CCOC(=O)CCc1ccc(-c2cc(NCC(=O)OC(C)(C)C)ccn2)cc1. The van der Waals surface area contributed by atoms with Gasteiger partial charge in [0.2, 0.25) is 0 Å². The Balaban J connectivity index is 1.95. The van der Waals surface area contributed by atoms with Crippen molar-refractivity contribution in [2.24, 2.45) is 0 Å². The second kappa shape index (κ2) is 9.88. The van der Waals surface area contributed by atoms with Gasteiger partial charge in [0.25, 0.3) is 0 Å². The quantitative estimate of drug-likeness (QED) is 0.693. The molecule has 1 N–H and O–H groups in total. The number of nitrogens with zero attached hydrogens (tertiary/aromatic N) is 1. The lowest BCUT2D eigenvalue weighted by Gasteiger charge is -2.19. The summed E-state index contributed by atoms with van der Waals surface area (Å²) in [5, 5.41) is 3.07. The van der Waals surface area contributed by atoms with Crippen molar-refractivity contribution in [3.05, 3.63) is 48.2 Å². The molecule has 1 aromatic heterocycles. The molecule has 0 fully saturated rings. The molecular weight excluding hydrogens is 356 g/mol. The summed E-state index contributed by atoms with van der Waals surface area (Å²) >= 11 is 0. The molecule has 0 atom stereocenters. The Bertz CT molecular complexity index is 795. The van der Waals surface area contributed by atoms with Crippen molar-refractivity contribution in [2.75, 3.05) is 18.5 Å². The second-order valence-electron chi connectivity index (χ2n) is 7.37. The Hall–Kier alpha value is -2.89. The van der Waals surface area contributed by atoms with Gasteiger partial charge in [-0.25, -0.2) is 0 Å². The number of hydrogen-bond donors (Lipinski definition) is 1. The topological polar surface area (TPSA) is 77.5 Å². The summed E-state index contributed by atoms with van der Waals surface area (Å²) in [5.41, 5.74) is 3.11. The van der Waals surface area contributed by atoms with Crippen molar-refractivity contribution in [2.45, 2.75) is 46.1 Å². The molecule has 0 aliphatic heterocycles. The van der Waals surface area contributed by atoms with E-state index in [1.54, 1.807) is 13.1 Å². The zero-order valence-electron chi connectivity index (χ0n) is 17.0. The third-order valence-electron chi connectivity index (χ3n) is 3.79. The van der Waals surface area contributed by atoms with E-state index in [-0.39, 0.29) is 18.5 Å². The third-order valence-corrected chi connectivity index (χ3v) is 3.79. The summed E-state index contributed by atoms with van der Waals surface area (Å²) in [6, 6.07) is 11.6. The van der Waals surface area contributed by atoms with Crippen molar-refractivity contribution in [3.63, 3.8) is 0 Å². The monoisotopic (exact) mass is 384 g/mol. The van der Waals surface area contributed by atoms with Gasteiger partial charge in [0.15, 0.2) is 0 Å². The molecule has 0 unspecified atom stereocenters. The number of carbonyl (C=O) groups is 2. The van der Waals surface area contributed by atoms with E-state index < -0.39 is 5.60 Å². The molecule has 2 rings (SSSR count). The highest BCUT2D eigenvalue weighted by atomic mass is 16.6. The maximum absolute atomic E-state index is 11.8. The van der Waals surface area contributed by atoms with Gasteiger partial charge in [0.1, 0.15) is 12.1 Å². The highest BCUT2D eigenvalue weighted by molar-refractivity contribution is 5.76. The number of esters is 2. The molecule has 28 heavy (non-hydrogen) atoms. The van der Waals surface area contributed by atoms with E-state index in [1.807, 2.05) is 57.2 Å². The third kappa shape index (κ3) is 7.39. The maximum atomic E-state index is 11.8. The number of benzene rings is 1. The van der Waals surface area contributed by atoms with Gasteiger partial charge >= 0.3 is 11.9 Å². The molecular formula is C22H28N2O4. The average molecular weight is 384 g/mol. The summed E-state index contributed by atoms with van der Waals surface area (Å²) in [5.74, 6) is -0.492. The van der Waals surface area contributed by atoms with E-state index in [2.05, 4.69) is 10.3 Å². The molecule has 0 radical (unpaired) electrons. The Morgan fingerprint density at radius 3 is 2.43 bits per heavy atom. The molecule has 1 aromatic carbocycles. The number of carbonyl (C=O) groups excluding carboxylic acids is 2. The highest BCUT2D eigenvalue weighted by Gasteiger charge is 2.15. The number of ether oxygens (including phenoxy) is 2. The zero-order chi connectivity index (χ0) is 20.6. The number of aromatic nitrogens is 1. The lowest BCUT2D eigenvalue weighted by atomic mass is 10.0. The van der Waals surface area contributed by atoms with Gasteiger partial charge in [-0.15, -0.1) is 0 Å². The molecule has 150 valence electrons. The highest BCUT2D eigenvalue weighted by Crippen LogP contribution is 2.21. The van der Waals surface area contributed by atoms with Crippen molar-refractivity contribution in [3.8, 4) is 11.3 Å². The van der Waals surface area contributed by atoms with Crippen LogP contribution < -0.4 is 5.32 Å². The Morgan fingerprint density at radius 2 is 1.79 bits per heavy atom. The maximum Gasteiger partial charge on any atom is 0.325 e. The van der Waals surface area contributed by atoms with Crippen LogP contribution >= 0.6 is 0 Å². The minimum absolute atomic E-state index is 0.0908. The van der Waals surface area contributed by atoms with Crippen LogP contribution in [0.1, 0.15) is 39.7 Å². The number of pyridine rings is 1. The largest absolute Gasteiger partial charge is 0.466 e. The van der Waals surface area contributed by atoms with Crippen LogP contribution in [0.5, 0.6) is 0 Å². The van der Waals surface area contributed by atoms with Gasteiger partial charge in [-0.1, -0.05) is 24.3 Å². The van der Waals surface area contributed by atoms with Crippen LogP contribution in [0.2, 0.25) is 0 Å². The minimum Gasteiger partial charge on any atom is -0.466 e. The Labute approximate surface area is 166 Å². The standard InChI is InChI=1S/C22H28N2O4/c1-5-27-20(25)11-8-16-6-9-17(10-7-16)19-14-18(12-13-23-19)24-15-21(26)28-22(2,3)4/h6-7,9-10,12-14H,5,8,11,15H2,1-4H3,(H,23,24). The molecule has 0 saturated heterocycles. The molecule has 0 aliphatic rings. The first-order valence-electron chi connectivity index (χ1n) is 9.43. The molecule has 0 amide bonds. The number of aryl methyl sites for hydroxylation is 1. The van der Waals surface area contributed by atoms with E-state index in [0.29, 0.717) is 19.4 Å². The van der Waals surface area contributed by atoms with E-state index >= 15 is 0 Å².